The van der Waals surface area contributed by atoms with Crippen LogP contribution in [0.15, 0.2) is 18.2 Å². The lowest BCUT2D eigenvalue weighted by Gasteiger charge is -2.18. The molecule has 2 heteroatoms. The predicted octanol–water partition coefficient (Wildman–Crippen LogP) is 3.62. The monoisotopic (exact) mass is 248 g/mol. The molecular weight excluding hydrogens is 224 g/mol. The maximum absolute atomic E-state index is 10.1. The molecule has 0 saturated heterocycles. The maximum Gasteiger partial charge on any atom is 0.125 e. The Balaban J connectivity index is 1.81. The summed E-state index contributed by atoms with van der Waals surface area (Å²) < 4.78 is 5.84. The predicted molar refractivity (Wildman–Crippen MR) is 74.0 cm³/mol. The Bertz CT molecular complexity index is 360. The van der Waals surface area contributed by atoms with E-state index in [0.717, 1.165) is 12.2 Å². The van der Waals surface area contributed by atoms with Crippen molar-refractivity contribution in [1.29, 1.82) is 0 Å². The van der Waals surface area contributed by atoms with Gasteiger partial charge in [0, 0.05) is 6.42 Å². The average molecular weight is 248 g/mol. The number of para-hydroxylation sites is 1. The lowest BCUT2D eigenvalue weighted by molar-refractivity contribution is 0.0851. The van der Waals surface area contributed by atoms with Crippen LogP contribution in [0.2, 0.25) is 0 Å². The van der Waals surface area contributed by atoms with E-state index in [1.54, 1.807) is 0 Å². The molecule has 1 unspecified atom stereocenters. The highest BCUT2D eigenvalue weighted by atomic mass is 16.5. The molecule has 1 fully saturated rings. The minimum absolute atomic E-state index is 0.183. The number of aryl methyl sites for hydroxylation is 2. The third kappa shape index (κ3) is 3.26. The molecule has 0 spiro atoms. The van der Waals surface area contributed by atoms with E-state index in [1.165, 1.54) is 36.8 Å². The highest BCUT2D eigenvalue weighted by Gasteiger charge is 2.22. The summed E-state index contributed by atoms with van der Waals surface area (Å²) >= 11 is 0. The summed E-state index contributed by atoms with van der Waals surface area (Å²) in [6.45, 7) is 4.74. The molecule has 1 atom stereocenters. The quantitative estimate of drug-likeness (QED) is 0.862. The molecule has 18 heavy (non-hydrogen) atoms. The number of hydrogen-bond donors (Lipinski definition) is 1. The van der Waals surface area contributed by atoms with Crippen molar-refractivity contribution in [1.82, 2.24) is 0 Å². The summed E-state index contributed by atoms with van der Waals surface area (Å²) in [4.78, 5) is 0. The molecule has 0 aliphatic heterocycles. The van der Waals surface area contributed by atoms with Gasteiger partial charge in [-0.3, -0.25) is 0 Å². The molecular formula is C16H24O2. The van der Waals surface area contributed by atoms with Crippen molar-refractivity contribution in [3.8, 4) is 5.75 Å². The summed E-state index contributed by atoms with van der Waals surface area (Å²) in [5.74, 6) is 1.49. The molecule has 1 saturated carbocycles. The van der Waals surface area contributed by atoms with Crippen LogP contribution >= 0.6 is 0 Å². The Hall–Kier alpha value is -1.02. The van der Waals surface area contributed by atoms with Gasteiger partial charge < -0.3 is 9.84 Å². The first-order valence-electron chi connectivity index (χ1n) is 7.05. The second kappa shape index (κ2) is 6.24. The van der Waals surface area contributed by atoms with E-state index < -0.39 is 0 Å². The van der Waals surface area contributed by atoms with E-state index in [1.807, 2.05) is 6.07 Å². The van der Waals surface area contributed by atoms with E-state index >= 15 is 0 Å². The summed E-state index contributed by atoms with van der Waals surface area (Å²) in [7, 11) is 0. The number of aliphatic hydroxyl groups excluding tert-OH is 1. The minimum Gasteiger partial charge on any atom is -0.493 e. The second-order valence-corrected chi connectivity index (χ2v) is 5.47. The summed E-state index contributed by atoms with van der Waals surface area (Å²) in [5, 5.41) is 10.1. The van der Waals surface area contributed by atoms with Crippen LogP contribution in [-0.4, -0.2) is 17.8 Å². The van der Waals surface area contributed by atoms with Crippen LogP contribution in [0.3, 0.4) is 0 Å². The van der Waals surface area contributed by atoms with Gasteiger partial charge in [0.2, 0.25) is 0 Å². The van der Waals surface area contributed by atoms with E-state index in [2.05, 4.69) is 26.0 Å². The lowest BCUT2D eigenvalue weighted by Crippen LogP contribution is -2.20. The normalized spacial score (nSPS) is 17.9. The zero-order chi connectivity index (χ0) is 13.0. The third-order valence-corrected chi connectivity index (χ3v) is 4.01. The van der Waals surface area contributed by atoms with Crippen molar-refractivity contribution in [2.24, 2.45) is 5.92 Å². The minimum atomic E-state index is -0.183. The Kier molecular flexibility index (Phi) is 4.65. The van der Waals surface area contributed by atoms with E-state index in [-0.39, 0.29) is 6.10 Å². The van der Waals surface area contributed by atoms with Gasteiger partial charge in [-0.05, 0) is 43.7 Å². The molecule has 100 valence electrons. The van der Waals surface area contributed by atoms with Crippen LogP contribution < -0.4 is 4.74 Å². The third-order valence-electron chi connectivity index (χ3n) is 4.01. The average Bonchev–Trinajstić information content (AvgIpc) is 2.86. The molecule has 1 aromatic rings. The van der Waals surface area contributed by atoms with Crippen LogP contribution in [0, 0.1) is 19.8 Å². The fraction of sp³-hybridized carbons (Fsp3) is 0.625. The Morgan fingerprint density at radius 2 is 1.83 bits per heavy atom. The van der Waals surface area contributed by atoms with Gasteiger partial charge in [-0.25, -0.2) is 0 Å². The van der Waals surface area contributed by atoms with Crippen molar-refractivity contribution in [3.05, 3.63) is 29.3 Å². The van der Waals surface area contributed by atoms with Crippen molar-refractivity contribution < 1.29 is 9.84 Å². The SMILES string of the molecule is Cc1cccc(C)c1OCCC(O)C1CCCC1. The fourth-order valence-corrected chi connectivity index (χ4v) is 2.89. The molecule has 0 amide bonds. The molecule has 1 aliphatic carbocycles. The highest BCUT2D eigenvalue weighted by molar-refractivity contribution is 5.39. The molecule has 1 N–H and O–H groups in total. The molecule has 2 nitrogen and oxygen atoms in total. The second-order valence-electron chi connectivity index (χ2n) is 5.47. The standard InChI is InChI=1S/C16H24O2/c1-12-6-5-7-13(2)16(12)18-11-10-15(17)14-8-3-4-9-14/h5-7,14-15,17H,3-4,8-11H2,1-2H3. The van der Waals surface area contributed by atoms with Gasteiger partial charge >= 0.3 is 0 Å². The zero-order valence-electron chi connectivity index (χ0n) is 11.5. The first-order chi connectivity index (χ1) is 8.68. The van der Waals surface area contributed by atoms with Crippen molar-refractivity contribution in [2.75, 3.05) is 6.61 Å². The van der Waals surface area contributed by atoms with Gasteiger partial charge in [0.05, 0.1) is 12.7 Å². The number of aliphatic hydroxyl groups is 1. The Morgan fingerprint density at radius 3 is 2.44 bits per heavy atom. The van der Waals surface area contributed by atoms with Crippen molar-refractivity contribution in [2.45, 2.75) is 52.1 Å². The smallest absolute Gasteiger partial charge is 0.125 e. The van der Waals surface area contributed by atoms with Crippen LogP contribution in [0.5, 0.6) is 5.75 Å². The topological polar surface area (TPSA) is 29.5 Å². The molecule has 0 radical (unpaired) electrons. The summed E-state index contributed by atoms with van der Waals surface area (Å²) in [5.41, 5.74) is 2.34. The van der Waals surface area contributed by atoms with E-state index in [9.17, 15) is 5.11 Å². The molecule has 0 heterocycles. The van der Waals surface area contributed by atoms with Crippen molar-refractivity contribution in [3.63, 3.8) is 0 Å². The number of rotatable bonds is 5. The van der Waals surface area contributed by atoms with Gasteiger partial charge in [0.1, 0.15) is 5.75 Å². The Labute approximate surface area is 110 Å². The zero-order valence-corrected chi connectivity index (χ0v) is 11.5. The van der Waals surface area contributed by atoms with E-state index in [4.69, 9.17) is 4.74 Å². The van der Waals surface area contributed by atoms with Crippen LogP contribution in [0.25, 0.3) is 0 Å². The number of ether oxygens (including phenoxy) is 1. The van der Waals surface area contributed by atoms with Crippen molar-refractivity contribution >= 4 is 0 Å². The summed E-state index contributed by atoms with van der Waals surface area (Å²) in [6, 6.07) is 6.18. The number of hydrogen-bond acceptors (Lipinski definition) is 2. The lowest BCUT2D eigenvalue weighted by atomic mass is 9.99. The van der Waals surface area contributed by atoms with Gasteiger partial charge in [-0.2, -0.15) is 0 Å². The van der Waals surface area contributed by atoms with E-state index in [0.29, 0.717) is 12.5 Å². The van der Waals surface area contributed by atoms with Crippen LogP contribution in [-0.2, 0) is 0 Å². The molecule has 1 aliphatic rings. The van der Waals surface area contributed by atoms with Gasteiger partial charge in [0.25, 0.3) is 0 Å². The first-order valence-corrected chi connectivity index (χ1v) is 7.05. The fourth-order valence-electron chi connectivity index (χ4n) is 2.89. The highest BCUT2D eigenvalue weighted by Crippen LogP contribution is 2.29. The van der Waals surface area contributed by atoms with Gasteiger partial charge in [-0.1, -0.05) is 31.0 Å². The largest absolute Gasteiger partial charge is 0.493 e. The van der Waals surface area contributed by atoms with Gasteiger partial charge in [-0.15, -0.1) is 0 Å². The first kappa shape index (κ1) is 13.4. The Morgan fingerprint density at radius 1 is 1.22 bits per heavy atom. The van der Waals surface area contributed by atoms with Crippen LogP contribution in [0.4, 0.5) is 0 Å². The molecule has 2 rings (SSSR count). The number of benzene rings is 1. The summed E-state index contributed by atoms with van der Waals surface area (Å²) in [6.07, 6.45) is 5.49. The molecule has 0 aromatic heterocycles. The van der Waals surface area contributed by atoms with Crippen LogP contribution in [0.1, 0.15) is 43.2 Å². The molecule has 0 bridgehead atoms. The maximum atomic E-state index is 10.1. The molecule has 1 aromatic carbocycles. The van der Waals surface area contributed by atoms with Gasteiger partial charge in [0.15, 0.2) is 0 Å².